The van der Waals surface area contributed by atoms with E-state index < -0.39 is 11.9 Å². The number of nitrogens with zero attached hydrogens (tertiary/aromatic N) is 1. The fourth-order valence-corrected chi connectivity index (χ4v) is 2.48. The van der Waals surface area contributed by atoms with Crippen LogP contribution in [0.15, 0.2) is 27.1 Å². The van der Waals surface area contributed by atoms with Gasteiger partial charge in [-0.25, -0.2) is 4.98 Å². The van der Waals surface area contributed by atoms with Gasteiger partial charge < -0.3 is 5.43 Å². The van der Waals surface area contributed by atoms with Gasteiger partial charge in [-0.05, 0) is 34.1 Å². The molecular formula is C10H6Br2F3N3. The third kappa shape index (κ3) is 2.32. The Morgan fingerprint density at radius 3 is 2.33 bits per heavy atom. The first-order chi connectivity index (χ1) is 8.34. The van der Waals surface area contributed by atoms with Gasteiger partial charge in [-0.2, -0.15) is 13.2 Å². The number of nitrogens with one attached hydrogen (secondary N) is 1. The molecule has 0 aliphatic heterocycles. The maximum Gasteiger partial charge on any atom is 0.433 e. The molecule has 0 atom stereocenters. The molecule has 0 amide bonds. The first-order valence-corrected chi connectivity index (χ1v) is 6.25. The van der Waals surface area contributed by atoms with Gasteiger partial charge in [-0.15, -0.1) is 0 Å². The number of fused-ring (bicyclic) bond motifs is 1. The van der Waals surface area contributed by atoms with E-state index in [4.69, 9.17) is 5.84 Å². The van der Waals surface area contributed by atoms with Gasteiger partial charge in [0.1, 0.15) is 5.69 Å². The number of alkyl halides is 3. The first-order valence-electron chi connectivity index (χ1n) is 4.67. The lowest BCUT2D eigenvalue weighted by molar-refractivity contribution is -0.140. The number of nitrogens with two attached hydrogens (primary N) is 1. The van der Waals surface area contributed by atoms with Crippen LogP contribution < -0.4 is 11.3 Å². The summed E-state index contributed by atoms with van der Waals surface area (Å²) >= 11 is 6.44. The lowest BCUT2D eigenvalue weighted by atomic mass is 10.1. The summed E-state index contributed by atoms with van der Waals surface area (Å²) < 4.78 is 39.2. The van der Waals surface area contributed by atoms with Gasteiger partial charge in [0.15, 0.2) is 0 Å². The summed E-state index contributed by atoms with van der Waals surface area (Å²) in [5, 5.41) is 0.486. The number of hydrogen-bond donors (Lipinski definition) is 2. The lowest BCUT2D eigenvalue weighted by Gasteiger charge is -2.13. The molecule has 0 aliphatic carbocycles. The molecule has 0 bridgehead atoms. The average molecular weight is 385 g/mol. The van der Waals surface area contributed by atoms with Crippen LogP contribution in [0.2, 0.25) is 0 Å². The Morgan fingerprint density at radius 2 is 1.78 bits per heavy atom. The molecule has 0 saturated carbocycles. The van der Waals surface area contributed by atoms with Crippen LogP contribution in [-0.2, 0) is 6.18 Å². The Bertz CT molecular complexity index is 613. The van der Waals surface area contributed by atoms with Crippen molar-refractivity contribution < 1.29 is 13.2 Å². The van der Waals surface area contributed by atoms with Crippen LogP contribution in [0.4, 0.5) is 18.9 Å². The van der Waals surface area contributed by atoms with Gasteiger partial charge in [0, 0.05) is 14.3 Å². The highest BCUT2D eigenvalue weighted by Gasteiger charge is 2.33. The van der Waals surface area contributed by atoms with Crippen molar-refractivity contribution in [2.24, 2.45) is 5.84 Å². The average Bonchev–Trinajstić information content (AvgIpc) is 2.31. The predicted molar refractivity (Wildman–Crippen MR) is 70.0 cm³/mol. The normalized spacial score (nSPS) is 11.9. The van der Waals surface area contributed by atoms with E-state index >= 15 is 0 Å². The Hall–Kier alpha value is -0.860. The molecule has 2 rings (SSSR count). The summed E-state index contributed by atoms with van der Waals surface area (Å²) in [5.74, 6) is 5.27. The van der Waals surface area contributed by atoms with Gasteiger partial charge in [0.25, 0.3) is 0 Å². The molecule has 0 fully saturated rings. The number of nitrogen functional groups attached to an aromatic ring is 1. The van der Waals surface area contributed by atoms with E-state index in [9.17, 15) is 13.2 Å². The Balaban J connectivity index is 2.88. The Kier molecular flexibility index (Phi) is 3.52. The minimum absolute atomic E-state index is 0.153. The van der Waals surface area contributed by atoms with E-state index in [0.29, 0.717) is 14.3 Å². The van der Waals surface area contributed by atoms with Crippen LogP contribution in [0.25, 0.3) is 10.9 Å². The predicted octanol–water partition coefficient (Wildman–Crippen LogP) is 4.06. The molecule has 8 heteroatoms. The zero-order chi connectivity index (χ0) is 13.5. The molecule has 0 aliphatic rings. The third-order valence-electron chi connectivity index (χ3n) is 2.31. The number of anilines is 1. The van der Waals surface area contributed by atoms with Crippen LogP contribution in [0, 0.1) is 0 Å². The van der Waals surface area contributed by atoms with Crippen molar-refractivity contribution in [1.82, 2.24) is 4.98 Å². The van der Waals surface area contributed by atoms with Crippen LogP contribution in [0.1, 0.15) is 5.69 Å². The number of benzene rings is 1. The molecule has 1 heterocycles. The maximum atomic E-state index is 12.7. The summed E-state index contributed by atoms with van der Waals surface area (Å²) in [4.78, 5) is 3.62. The second-order valence-electron chi connectivity index (χ2n) is 3.45. The largest absolute Gasteiger partial charge is 0.433 e. The fraction of sp³-hybridized carbons (Fsp3) is 0.100. The van der Waals surface area contributed by atoms with Crippen LogP contribution in [0.3, 0.4) is 0 Å². The minimum Gasteiger partial charge on any atom is -0.323 e. The van der Waals surface area contributed by atoms with E-state index in [2.05, 4.69) is 42.3 Å². The Labute approximate surface area is 117 Å². The highest BCUT2D eigenvalue weighted by molar-refractivity contribution is 9.11. The van der Waals surface area contributed by atoms with Crippen LogP contribution in [0.5, 0.6) is 0 Å². The van der Waals surface area contributed by atoms with Gasteiger partial charge in [-0.1, -0.05) is 15.9 Å². The molecular weight excluding hydrogens is 379 g/mol. The number of aromatic nitrogens is 1. The SMILES string of the molecule is NNc1cc(C(F)(F)F)nc2c(Br)ccc(Br)c12. The van der Waals surface area contributed by atoms with Crippen LogP contribution in [-0.4, -0.2) is 4.98 Å². The summed E-state index contributed by atoms with van der Waals surface area (Å²) in [6, 6.07) is 4.18. The molecule has 1 aromatic carbocycles. The van der Waals surface area contributed by atoms with Crippen molar-refractivity contribution in [3.05, 3.63) is 32.8 Å². The van der Waals surface area contributed by atoms with Crippen LogP contribution >= 0.6 is 31.9 Å². The van der Waals surface area contributed by atoms with Gasteiger partial charge in [0.2, 0.25) is 0 Å². The number of hydrogen-bond acceptors (Lipinski definition) is 3. The highest BCUT2D eigenvalue weighted by atomic mass is 79.9. The molecule has 0 spiro atoms. The Morgan fingerprint density at radius 1 is 1.17 bits per heavy atom. The molecule has 0 saturated heterocycles. The lowest BCUT2D eigenvalue weighted by Crippen LogP contribution is -2.13. The topological polar surface area (TPSA) is 50.9 Å². The second-order valence-corrected chi connectivity index (χ2v) is 5.16. The zero-order valence-electron chi connectivity index (χ0n) is 8.65. The van der Waals surface area contributed by atoms with Crippen molar-refractivity contribution in [3.8, 4) is 0 Å². The van der Waals surface area contributed by atoms with Gasteiger partial charge in [0.05, 0.1) is 11.2 Å². The molecule has 0 unspecified atom stereocenters. The molecule has 1 aromatic heterocycles. The second kappa shape index (κ2) is 4.67. The number of hydrazine groups is 1. The van der Waals surface area contributed by atoms with E-state index in [-0.39, 0.29) is 11.2 Å². The van der Waals surface area contributed by atoms with Crippen molar-refractivity contribution in [2.45, 2.75) is 6.18 Å². The monoisotopic (exact) mass is 383 g/mol. The molecule has 3 N–H and O–H groups in total. The molecule has 2 aromatic rings. The van der Waals surface area contributed by atoms with E-state index in [1.807, 2.05) is 0 Å². The summed E-state index contributed by atoms with van der Waals surface area (Å²) in [6.07, 6.45) is -4.53. The van der Waals surface area contributed by atoms with E-state index in [1.165, 1.54) is 0 Å². The van der Waals surface area contributed by atoms with E-state index in [1.54, 1.807) is 12.1 Å². The number of halogens is 5. The standard InChI is InChI=1S/C10H6Br2F3N3/c11-4-1-2-5(12)9-8(4)6(18-16)3-7(17-9)10(13,14)15/h1-3H,16H2,(H,17,18). The minimum atomic E-state index is -4.53. The summed E-state index contributed by atoms with van der Waals surface area (Å²) in [7, 11) is 0. The van der Waals surface area contributed by atoms with Crippen molar-refractivity contribution in [3.63, 3.8) is 0 Å². The first kappa shape index (κ1) is 13.6. The fourth-order valence-electron chi connectivity index (χ4n) is 1.53. The maximum absolute atomic E-state index is 12.7. The highest BCUT2D eigenvalue weighted by Crippen LogP contribution is 2.38. The number of rotatable bonds is 1. The quantitative estimate of drug-likeness (QED) is 0.575. The number of pyridine rings is 1. The van der Waals surface area contributed by atoms with Crippen molar-refractivity contribution in [1.29, 1.82) is 0 Å². The molecule has 3 nitrogen and oxygen atoms in total. The summed E-state index contributed by atoms with van der Waals surface area (Å²) in [6.45, 7) is 0. The van der Waals surface area contributed by atoms with Gasteiger partial charge in [-0.3, -0.25) is 5.84 Å². The van der Waals surface area contributed by atoms with Gasteiger partial charge >= 0.3 is 6.18 Å². The molecule has 18 heavy (non-hydrogen) atoms. The van der Waals surface area contributed by atoms with E-state index in [0.717, 1.165) is 6.07 Å². The molecule has 96 valence electrons. The molecule has 0 radical (unpaired) electrons. The summed E-state index contributed by atoms with van der Waals surface area (Å²) in [5.41, 5.74) is 1.60. The smallest absolute Gasteiger partial charge is 0.323 e. The third-order valence-corrected chi connectivity index (χ3v) is 3.61. The van der Waals surface area contributed by atoms with Crippen molar-refractivity contribution in [2.75, 3.05) is 5.43 Å². The van der Waals surface area contributed by atoms with Crippen molar-refractivity contribution >= 4 is 48.5 Å². The zero-order valence-corrected chi connectivity index (χ0v) is 11.8.